The number of Topliss-reactive ketones (excluding diaryl/α,β-unsaturated/α-hetero) is 2. The molecule has 8 heteroatoms. The number of hydrogen-bond donors (Lipinski definition) is 0. The largest absolute Gasteiger partial charge is 0.466 e. The van der Waals surface area contributed by atoms with Crippen LogP contribution >= 0.6 is 0 Å². The lowest BCUT2D eigenvalue weighted by Crippen LogP contribution is -2.29. The minimum Gasteiger partial charge on any atom is -0.466 e. The predicted octanol–water partition coefficient (Wildman–Crippen LogP) is 7.76. The van der Waals surface area contributed by atoms with Crippen molar-refractivity contribution in [1.82, 2.24) is 0 Å². The maximum absolute atomic E-state index is 12.4. The average Bonchev–Trinajstić information content (AvgIpc) is 3.77. The molecule has 0 saturated carbocycles. The summed E-state index contributed by atoms with van der Waals surface area (Å²) in [5, 5.41) is 0. The molecule has 0 radical (unpaired) electrons. The third kappa shape index (κ3) is 10.1. The Balaban J connectivity index is 1.36. The second kappa shape index (κ2) is 15.9. The Morgan fingerprint density at radius 1 is 0.556 bits per heavy atom. The van der Waals surface area contributed by atoms with Gasteiger partial charge in [0.25, 0.3) is 0 Å². The Labute approximate surface area is 271 Å². The second-order valence-corrected chi connectivity index (χ2v) is 15.3. The van der Waals surface area contributed by atoms with Crippen LogP contribution in [0.4, 0.5) is 0 Å². The number of esters is 2. The molecule has 0 aromatic rings. The Morgan fingerprint density at radius 3 is 1.40 bits per heavy atom. The third-order valence-corrected chi connectivity index (χ3v) is 11.6. The fraction of sp³-hybridized carbons (Fsp3) is 0.892. The van der Waals surface area contributed by atoms with Crippen molar-refractivity contribution in [2.45, 2.75) is 185 Å². The molecule has 4 heterocycles. The molecule has 6 unspecified atom stereocenters. The molecule has 0 amide bonds. The molecule has 0 aromatic heterocycles. The van der Waals surface area contributed by atoms with E-state index >= 15 is 0 Å². The minimum atomic E-state index is -0.316. The first-order valence-electron chi connectivity index (χ1n) is 18.1. The molecule has 0 N–H and O–H groups in total. The third-order valence-electron chi connectivity index (χ3n) is 11.6. The van der Waals surface area contributed by atoms with Crippen LogP contribution in [0.2, 0.25) is 0 Å². The molecular weight excluding hydrogens is 572 g/mol. The van der Waals surface area contributed by atoms with Gasteiger partial charge in [-0.2, -0.15) is 0 Å². The highest BCUT2D eigenvalue weighted by Crippen LogP contribution is 2.60. The van der Waals surface area contributed by atoms with Crippen LogP contribution < -0.4 is 0 Å². The van der Waals surface area contributed by atoms with E-state index in [0.29, 0.717) is 76.4 Å². The summed E-state index contributed by atoms with van der Waals surface area (Å²) >= 11 is 0. The van der Waals surface area contributed by atoms with E-state index < -0.39 is 0 Å². The molecule has 6 atom stereocenters. The maximum Gasteiger partial charge on any atom is 0.305 e. The molecule has 0 spiro atoms. The first-order chi connectivity index (χ1) is 21.4. The summed E-state index contributed by atoms with van der Waals surface area (Å²) in [6.45, 7) is 9.55. The summed E-state index contributed by atoms with van der Waals surface area (Å²) in [6.07, 6.45) is 15.8. The van der Waals surface area contributed by atoms with Gasteiger partial charge < -0.3 is 18.9 Å². The zero-order chi connectivity index (χ0) is 32.6. The summed E-state index contributed by atoms with van der Waals surface area (Å²) in [5.41, 5.74) is -1.12. The lowest BCUT2D eigenvalue weighted by Gasteiger charge is -2.22. The summed E-state index contributed by atoms with van der Waals surface area (Å²) in [7, 11) is 0. The highest BCUT2D eigenvalue weighted by Gasteiger charge is 2.67. The van der Waals surface area contributed by atoms with E-state index in [1.165, 1.54) is 0 Å². The minimum absolute atomic E-state index is 0.233. The molecule has 0 bridgehead atoms. The zero-order valence-corrected chi connectivity index (χ0v) is 28.7. The number of rotatable bonds is 4. The van der Waals surface area contributed by atoms with Gasteiger partial charge in [-0.15, -0.1) is 0 Å². The standard InChI is InChI=1S/C37H60O8/c1-28-10-7-20-34(3)36(44-34,24-26-42-32(40)14-5-12-30(38)18-16-28)22-9-23-37-25-27-43-33(41)15-6-13-31(39)19-17-29(2)11-8-21-35(37,4)45-37/h28-29H,5-27H2,1-4H3. The van der Waals surface area contributed by atoms with E-state index in [1.54, 1.807) is 0 Å². The predicted molar refractivity (Wildman–Crippen MR) is 172 cm³/mol. The molecule has 45 heavy (non-hydrogen) atoms. The molecule has 0 aliphatic carbocycles. The average molecular weight is 633 g/mol. The summed E-state index contributed by atoms with van der Waals surface area (Å²) in [5.74, 6) is 1.02. The van der Waals surface area contributed by atoms with E-state index in [9.17, 15) is 19.2 Å². The Bertz CT molecular complexity index is 961. The van der Waals surface area contributed by atoms with Crippen LogP contribution in [0.15, 0.2) is 0 Å². The van der Waals surface area contributed by atoms with Crippen LogP contribution in [0.5, 0.6) is 0 Å². The maximum atomic E-state index is 12.4. The van der Waals surface area contributed by atoms with Gasteiger partial charge in [-0.25, -0.2) is 0 Å². The Kier molecular flexibility index (Phi) is 12.7. The van der Waals surface area contributed by atoms with Crippen molar-refractivity contribution in [3.05, 3.63) is 0 Å². The van der Waals surface area contributed by atoms with Crippen LogP contribution in [-0.2, 0) is 38.1 Å². The van der Waals surface area contributed by atoms with Gasteiger partial charge in [0.2, 0.25) is 0 Å². The van der Waals surface area contributed by atoms with E-state index in [2.05, 4.69) is 27.7 Å². The van der Waals surface area contributed by atoms with Crippen LogP contribution in [0, 0.1) is 11.8 Å². The number of carbonyl (C=O) groups excluding carboxylic acids is 4. The number of fused-ring (bicyclic) bond motifs is 2. The van der Waals surface area contributed by atoms with Crippen molar-refractivity contribution in [2.75, 3.05) is 13.2 Å². The number of ketones is 2. The first kappa shape index (κ1) is 36.0. The summed E-state index contributed by atoms with van der Waals surface area (Å²) in [6, 6.07) is 0. The fourth-order valence-corrected chi connectivity index (χ4v) is 8.13. The van der Waals surface area contributed by atoms with E-state index in [0.717, 1.165) is 70.6 Å². The highest BCUT2D eigenvalue weighted by atomic mass is 16.6. The molecule has 0 aromatic carbocycles. The number of hydrogen-bond acceptors (Lipinski definition) is 8. The summed E-state index contributed by atoms with van der Waals surface area (Å²) < 4.78 is 24.4. The molecule has 256 valence electrons. The lowest BCUT2D eigenvalue weighted by atomic mass is 9.79. The van der Waals surface area contributed by atoms with E-state index in [-0.39, 0.29) is 58.8 Å². The molecule has 4 fully saturated rings. The number of epoxide rings is 2. The monoisotopic (exact) mass is 632 g/mol. The van der Waals surface area contributed by atoms with Crippen LogP contribution in [0.3, 0.4) is 0 Å². The van der Waals surface area contributed by atoms with Crippen molar-refractivity contribution in [3.8, 4) is 0 Å². The van der Waals surface area contributed by atoms with Crippen molar-refractivity contribution in [2.24, 2.45) is 11.8 Å². The molecule has 4 aliphatic heterocycles. The molecular formula is C37H60O8. The van der Waals surface area contributed by atoms with E-state index in [1.807, 2.05) is 0 Å². The van der Waals surface area contributed by atoms with Gasteiger partial charge >= 0.3 is 11.9 Å². The van der Waals surface area contributed by atoms with Crippen LogP contribution in [-0.4, -0.2) is 59.1 Å². The highest BCUT2D eigenvalue weighted by molar-refractivity contribution is 5.79. The molecule has 8 nitrogen and oxygen atoms in total. The van der Waals surface area contributed by atoms with Gasteiger partial charge in [0.05, 0.1) is 24.4 Å². The Hall–Kier alpha value is -1.80. The second-order valence-electron chi connectivity index (χ2n) is 15.3. The van der Waals surface area contributed by atoms with Gasteiger partial charge in [-0.3, -0.25) is 19.2 Å². The summed E-state index contributed by atoms with van der Waals surface area (Å²) in [4.78, 5) is 49.2. The topological polar surface area (TPSA) is 112 Å². The fourth-order valence-electron chi connectivity index (χ4n) is 8.13. The van der Waals surface area contributed by atoms with Gasteiger partial charge in [0.1, 0.15) is 22.8 Å². The van der Waals surface area contributed by atoms with Gasteiger partial charge in [-0.1, -0.05) is 39.5 Å². The lowest BCUT2D eigenvalue weighted by molar-refractivity contribution is -0.145. The van der Waals surface area contributed by atoms with Gasteiger partial charge in [0.15, 0.2) is 0 Å². The normalized spacial score (nSPS) is 38.8. The molecule has 4 aliphatic rings. The first-order valence-corrected chi connectivity index (χ1v) is 18.1. The van der Waals surface area contributed by atoms with Gasteiger partial charge in [0, 0.05) is 51.4 Å². The van der Waals surface area contributed by atoms with Crippen molar-refractivity contribution in [1.29, 1.82) is 0 Å². The smallest absolute Gasteiger partial charge is 0.305 e. The SMILES string of the molecule is CC1CCCC2(C)OC2(CCCC23CCOC(=O)CCCC(=O)CCC(C)CCCC2(C)O3)CCOC(=O)CCCC(=O)CC1. The Morgan fingerprint density at radius 2 is 0.978 bits per heavy atom. The quantitative estimate of drug-likeness (QED) is 0.228. The van der Waals surface area contributed by atoms with Crippen LogP contribution in [0.25, 0.3) is 0 Å². The van der Waals surface area contributed by atoms with Crippen molar-refractivity contribution >= 4 is 23.5 Å². The van der Waals surface area contributed by atoms with Gasteiger partial charge in [-0.05, 0) is 83.5 Å². The molecule has 4 saturated heterocycles. The number of ether oxygens (including phenoxy) is 4. The van der Waals surface area contributed by atoms with E-state index in [4.69, 9.17) is 18.9 Å². The number of carbonyl (C=O) groups is 4. The molecule has 4 rings (SSSR count). The van der Waals surface area contributed by atoms with Crippen molar-refractivity contribution < 1.29 is 38.1 Å². The zero-order valence-electron chi connectivity index (χ0n) is 28.7. The number of cyclic esters (lactones) is 2. The van der Waals surface area contributed by atoms with Crippen LogP contribution in [0.1, 0.15) is 163 Å². The van der Waals surface area contributed by atoms with Crippen molar-refractivity contribution in [3.63, 3.8) is 0 Å².